The first-order valence-electron chi connectivity index (χ1n) is 6.89. The molecule has 0 spiro atoms. The number of carbonyl (C=O) groups is 2. The van der Waals surface area contributed by atoms with E-state index in [2.05, 4.69) is 0 Å². The molecule has 1 saturated carbocycles. The summed E-state index contributed by atoms with van der Waals surface area (Å²) in [4.78, 5) is 23.7. The van der Waals surface area contributed by atoms with Gasteiger partial charge < -0.3 is 4.74 Å². The monoisotopic (exact) mass is 263 g/mol. The summed E-state index contributed by atoms with van der Waals surface area (Å²) >= 11 is 0. The Morgan fingerprint density at radius 2 is 2.26 bits per heavy atom. The predicted octanol–water partition coefficient (Wildman–Crippen LogP) is 2.64. The van der Waals surface area contributed by atoms with Crippen LogP contribution in [0, 0.1) is 29.1 Å². The number of hydrogen-bond donors (Lipinski definition) is 0. The van der Waals surface area contributed by atoms with Crippen LogP contribution >= 0.6 is 0 Å². The van der Waals surface area contributed by atoms with Crippen molar-refractivity contribution in [2.24, 2.45) is 17.8 Å². The molecule has 0 N–H and O–H groups in total. The van der Waals surface area contributed by atoms with E-state index in [-0.39, 0.29) is 24.2 Å². The van der Waals surface area contributed by atoms with Crippen LogP contribution < -0.4 is 0 Å². The zero-order chi connectivity index (χ0) is 14.3. The van der Waals surface area contributed by atoms with Gasteiger partial charge >= 0.3 is 5.97 Å². The number of ether oxygens (including phenoxy) is 1. The van der Waals surface area contributed by atoms with Crippen LogP contribution in [-0.2, 0) is 14.3 Å². The highest BCUT2D eigenvalue weighted by atomic mass is 16.5. The fourth-order valence-corrected chi connectivity index (χ4v) is 2.60. The van der Waals surface area contributed by atoms with Crippen molar-refractivity contribution in [3.63, 3.8) is 0 Å². The van der Waals surface area contributed by atoms with Gasteiger partial charge in [-0.1, -0.05) is 19.1 Å². The van der Waals surface area contributed by atoms with Crippen molar-refractivity contribution in [1.82, 2.24) is 0 Å². The summed E-state index contributed by atoms with van der Waals surface area (Å²) in [5, 5.41) is 9.18. The Kier molecular flexibility index (Phi) is 6.27. The highest BCUT2D eigenvalue weighted by Gasteiger charge is 2.42. The molecule has 0 heterocycles. The van der Waals surface area contributed by atoms with E-state index in [4.69, 9.17) is 4.74 Å². The van der Waals surface area contributed by atoms with Gasteiger partial charge in [0.1, 0.15) is 11.7 Å². The van der Waals surface area contributed by atoms with Crippen molar-refractivity contribution in [2.45, 2.75) is 39.5 Å². The summed E-state index contributed by atoms with van der Waals surface area (Å²) in [7, 11) is 0. The molecule has 0 aromatic heterocycles. The molecule has 0 amide bonds. The molecule has 0 saturated heterocycles. The van der Waals surface area contributed by atoms with Crippen molar-refractivity contribution in [1.29, 1.82) is 5.26 Å². The lowest BCUT2D eigenvalue weighted by molar-refractivity contribution is -0.148. The molecular formula is C15H21NO3. The maximum absolute atomic E-state index is 11.9. The zero-order valence-corrected chi connectivity index (χ0v) is 11.6. The van der Waals surface area contributed by atoms with Crippen LogP contribution in [0.1, 0.15) is 39.5 Å². The molecule has 1 fully saturated rings. The first-order valence-corrected chi connectivity index (χ1v) is 6.89. The number of allylic oxidation sites excluding steroid dienone is 2. The van der Waals surface area contributed by atoms with E-state index >= 15 is 0 Å². The van der Waals surface area contributed by atoms with Crippen molar-refractivity contribution < 1.29 is 14.3 Å². The van der Waals surface area contributed by atoms with Gasteiger partial charge in [-0.3, -0.25) is 9.59 Å². The topological polar surface area (TPSA) is 67.2 Å². The van der Waals surface area contributed by atoms with E-state index in [0.29, 0.717) is 19.3 Å². The molecule has 3 atom stereocenters. The number of ketones is 1. The summed E-state index contributed by atoms with van der Waals surface area (Å²) in [6.45, 7) is 4.01. The van der Waals surface area contributed by atoms with Crippen molar-refractivity contribution in [2.75, 3.05) is 6.61 Å². The summed E-state index contributed by atoms with van der Waals surface area (Å²) in [6, 6.07) is 2.02. The van der Waals surface area contributed by atoms with Crippen molar-refractivity contribution >= 4 is 11.8 Å². The van der Waals surface area contributed by atoms with Crippen LogP contribution in [0.15, 0.2) is 12.2 Å². The Balaban J connectivity index is 2.78. The predicted molar refractivity (Wildman–Crippen MR) is 71.0 cm³/mol. The Labute approximate surface area is 114 Å². The van der Waals surface area contributed by atoms with E-state index in [1.807, 2.05) is 25.1 Å². The Morgan fingerprint density at radius 1 is 1.53 bits per heavy atom. The average molecular weight is 263 g/mol. The third-order valence-electron chi connectivity index (χ3n) is 3.55. The zero-order valence-electron chi connectivity index (χ0n) is 11.6. The lowest BCUT2D eigenvalue weighted by Crippen LogP contribution is -2.28. The minimum Gasteiger partial charge on any atom is -0.465 e. The molecule has 1 aliphatic rings. The molecule has 1 rings (SSSR count). The molecular weight excluding hydrogens is 242 g/mol. The number of Topliss-reactive ketones (excluding diaryl/α,β-unsaturated/α-hetero) is 1. The molecule has 4 heteroatoms. The maximum atomic E-state index is 11.9. The van der Waals surface area contributed by atoms with Gasteiger partial charge in [-0.25, -0.2) is 0 Å². The molecule has 0 aromatic carbocycles. The molecule has 0 aliphatic heterocycles. The van der Waals surface area contributed by atoms with E-state index in [9.17, 15) is 14.9 Å². The quantitative estimate of drug-likeness (QED) is 0.545. The summed E-state index contributed by atoms with van der Waals surface area (Å²) in [5.74, 6) is -1.55. The highest BCUT2D eigenvalue weighted by molar-refractivity contribution is 5.85. The normalized spacial score (nSPS) is 24.4. The third-order valence-corrected chi connectivity index (χ3v) is 3.55. The SMILES string of the molecule is CC/C=C\CC1C(=O)CCC1C(C#N)C(=O)OCC. The molecule has 19 heavy (non-hydrogen) atoms. The number of esters is 1. The second-order valence-electron chi connectivity index (χ2n) is 4.75. The van der Waals surface area contributed by atoms with E-state index < -0.39 is 11.9 Å². The number of rotatable bonds is 6. The summed E-state index contributed by atoms with van der Waals surface area (Å²) < 4.78 is 4.93. The number of hydrogen-bond acceptors (Lipinski definition) is 4. The van der Waals surface area contributed by atoms with Crippen molar-refractivity contribution in [3.8, 4) is 6.07 Å². The Hall–Kier alpha value is -1.63. The summed E-state index contributed by atoms with van der Waals surface area (Å²) in [6.07, 6.45) is 6.60. The van der Waals surface area contributed by atoms with Crippen LogP contribution in [0.2, 0.25) is 0 Å². The van der Waals surface area contributed by atoms with Gasteiger partial charge in [0.15, 0.2) is 0 Å². The molecule has 0 bridgehead atoms. The van der Waals surface area contributed by atoms with Gasteiger partial charge in [0.05, 0.1) is 12.7 Å². The summed E-state index contributed by atoms with van der Waals surface area (Å²) in [5.41, 5.74) is 0. The lowest BCUT2D eigenvalue weighted by atomic mass is 9.82. The molecule has 1 aliphatic carbocycles. The van der Waals surface area contributed by atoms with Crippen molar-refractivity contribution in [3.05, 3.63) is 12.2 Å². The van der Waals surface area contributed by atoms with Crippen LogP contribution in [0.5, 0.6) is 0 Å². The largest absolute Gasteiger partial charge is 0.465 e. The molecule has 0 radical (unpaired) electrons. The Bertz CT molecular complexity index is 395. The van der Waals surface area contributed by atoms with Crippen LogP contribution in [0.25, 0.3) is 0 Å². The first-order chi connectivity index (χ1) is 9.15. The second kappa shape index (κ2) is 7.73. The third kappa shape index (κ3) is 3.92. The number of nitrogens with zero attached hydrogens (tertiary/aromatic N) is 1. The van der Waals surface area contributed by atoms with E-state index in [0.717, 1.165) is 6.42 Å². The second-order valence-corrected chi connectivity index (χ2v) is 4.75. The smallest absolute Gasteiger partial charge is 0.323 e. The molecule has 4 nitrogen and oxygen atoms in total. The van der Waals surface area contributed by atoms with Crippen LogP contribution in [0.4, 0.5) is 0 Å². The fraction of sp³-hybridized carbons (Fsp3) is 0.667. The van der Waals surface area contributed by atoms with Crippen LogP contribution in [0.3, 0.4) is 0 Å². The van der Waals surface area contributed by atoms with Gasteiger partial charge in [0.25, 0.3) is 0 Å². The van der Waals surface area contributed by atoms with Gasteiger partial charge in [0, 0.05) is 12.3 Å². The number of nitriles is 1. The van der Waals surface area contributed by atoms with Gasteiger partial charge in [-0.15, -0.1) is 0 Å². The minimum absolute atomic E-state index is 0.162. The molecule has 0 aromatic rings. The maximum Gasteiger partial charge on any atom is 0.323 e. The lowest BCUT2D eigenvalue weighted by Gasteiger charge is -2.20. The van der Waals surface area contributed by atoms with Crippen LogP contribution in [-0.4, -0.2) is 18.4 Å². The molecule has 104 valence electrons. The first kappa shape index (κ1) is 15.4. The standard InChI is InChI=1S/C15H21NO3/c1-3-5-6-7-12-11(8-9-14(12)17)13(10-16)15(18)19-4-2/h5-6,11-13H,3-4,7-9H2,1-2H3/b6-5-. The van der Waals surface area contributed by atoms with E-state index in [1.165, 1.54) is 0 Å². The number of carbonyl (C=O) groups excluding carboxylic acids is 2. The Morgan fingerprint density at radius 3 is 2.84 bits per heavy atom. The highest BCUT2D eigenvalue weighted by Crippen LogP contribution is 2.37. The van der Waals surface area contributed by atoms with E-state index in [1.54, 1.807) is 6.92 Å². The van der Waals surface area contributed by atoms with Gasteiger partial charge in [-0.2, -0.15) is 5.26 Å². The van der Waals surface area contributed by atoms with Gasteiger partial charge in [0.2, 0.25) is 0 Å². The average Bonchev–Trinajstić information content (AvgIpc) is 2.73. The minimum atomic E-state index is -0.813. The fourth-order valence-electron chi connectivity index (χ4n) is 2.60. The molecule has 3 unspecified atom stereocenters. The van der Waals surface area contributed by atoms with Gasteiger partial charge in [-0.05, 0) is 32.1 Å².